The van der Waals surface area contributed by atoms with Crippen LogP contribution in [0, 0.1) is 11.8 Å². The summed E-state index contributed by atoms with van der Waals surface area (Å²) in [4.78, 5) is 8.87. The lowest BCUT2D eigenvalue weighted by Crippen LogP contribution is -2.33. The molecule has 0 amide bonds. The van der Waals surface area contributed by atoms with E-state index in [0.717, 1.165) is 24.6 Å². The standard InChI is InChI=1S/C16H27N3O/c1-4-8-17-14(13-7-5-6-12(2)11-13)15-16(20-3)19-10-9-18-15/h9-10,12-14,17H,4-8,11H2,1-3H3. The van der Waals surface area contributed by atoms with E-state index in [-0.39, 0.29) is 6.04 Å². The summed E-state index contributed by atoms with van der Waals surface area (Å²) >= 11 is 0. The van der Waals surface area contributed by atoms with E-state index in [9.17, 15) is 0 Å². The number of hydrogen-bond acceptors (Lipinski definition) is 4. The fourth-order valence-electron chi connectivity index (χ4n) is 3.28. The van der Waals surface area contributed by atoms with Gasteiger partial charge < -0.3 is 10.1 Å². The number of aromatic nitrogens is 2. The first-order valence-electron chi connectivity index (χ1n) is 7.84. The molecule has 0 radical (unpaired) electrons. The van der Waals surface area contributed by atoms with E-state index in [1.807, 2.05) is 0 Å². The Kier molecular flexibility index (Phi) is 5.77. The van der Waals surface area contributed by atoms with Crippen LogP contribution in [0.5, 0.6) is 5.88 Å². The Labute approximate surface area is 122 Å². The second-order valence-corrected chi connectivity index (χ2v) is 5.91. The van der Waals surface area contributed by atoms with Crippen LogP contribution in [0.3, 0.4) is 0 Å². The summed E-state index contributed by atoms with van der Waals surface area (Å²) in [6.45, 7) is 5.56. The summed E-state index contributed by atoms with van der Waals surface area (Å²) in [7, 11) is 1.67. The van der Waals surface area contributed by atoms with Crippen molar-refractivity contribution in [3.8, 4) is 5.88 Å². The zero-order valence-electron chi connectivity index (χ0n) is 12.9. The molecule has 1 aliphatic carbocycles. The van der Waals surface area contributed by atoms with Crippen molar-refractivity contribution in [1.29, 1.82) is 0 Å². The van der Waals surface area contributed by atoms with Crippen LogP contribution >= 0.6 is 0 Å². The quantitative estimate of drug-likeness (QED) is 0.866. The molecule has 1 aromatic heterocycles. The Morgan fingerprint density at radius 1 is 1.35 bits per heavy atom. The Balaban J connectivity index is 2.21. The van der Waals surface area contributed by atoms with E-state index in [4.69, 9.17) is 4.74 Å². The van der Waals surface area contributed by atoms with Gasteiger partial charge in [-0.15, -0.1) is 0 Å². The molecule has 1 heterocycles. The fraction of sp³-hybridized carbons (Fsp3) is 0.750. The van der Waals surface area contributed by atoms with Gasteiger partial charge in [-0.2, -0.15) is 0 Å². The SMILES string of the molecule is CCCNC(c1nccnc1OC)C1CCCC(C)C1. The van der Waals surface area contributed by atoms with Gasteiger partial charge in [-0.05, 0) is 37.6 Å². The first kappa shape index (κ1) is 15.2. The van der Waals surface area contributed by atoms with Gasteiger partial charge in [-0.25, -0.2) is 4.98 Å². The van der Waals surface area contributed by atoms with Gasteiger partial charge in [0.25, 0.3) is 0 Å². The molecule has 20 heavy (non-hydrogen) atoms. The second kappa shape index (κ2) is 7.58. The highest BCUT2D eigenvalue weighted by Gasteiger charge is 2.30. The van der Waals surface area contributed by atoms with Crippen LogP contribution in [0.2, 0.25) is 0 Å². The third-order valence-electron chi connectivity index (χ3n) is 4.24. The van der Waals surface area contributed by atoms with Crippen LogP contribution in [-0.4, -0.2) is 23.6 Å². The molecule has 1 saturated carbocycles. The summed E-state index contributed by atoms with van der Waals surface area (Å²) in [6, 6.07) is 0.265. The molecule has 0 bridgehead atoms. The third-order valence-corrected chi connectivity index (χ3v) is 4.24. The predicted molar refractivity (Wildman–Crippen MR) is 80.7 cm³/mol. The zero-order valence-corrected chi connectivity index (χ0v) is 12.9. The summed E-state index contributed by atoms with van der Waals surface area (Å²) in [6.07, 6.45) is 9.80. The molecule has 3 unspecified atom stereocenters. The Bertz CT molecular complexity index is 410. The highest BCUT2D eigenvalue weighted by molar-refractivity contribution is 5.22. The predicted octanol–water partition coefficient (Wildman–Crippen LogP) is 3.35. The summed E-state index contributed by atoms with van der Waals surface area (Å²) in [5.74, 6) is 2.11. The van der Waals surface area contributed by atoms with E-state index < -0.39 is 0 Å². The number of ether oxygens (including phenoxy) is 1. The van der Waals surface area contributed by atoms with Gasteiger partial charge in [0.1, 0.15) is 5.69 Å². The molecule has 3 atom stereocenters. The summed E-state index contributed by atoms with van der Waals surface area (Å²) in [5.41, 5.74) is 0.975. The van der Waals surface area contributed by atoms with Crippen molar-refractivity contribution in [1.82, 2.24) is 15.3 Å². The lowest BCUT2D eigenvalue weighted by Gasteiger charge is -2.33. The first-order chi connectivity index (χ1) is 9.76. The zero-order chi connectivity index (χ0) is 14.4. The molecule has 1 aromatic rings. The minimum absolute atomic E-state index is 0.265. The average molecular weight is 277 g/mol. The molecule has 0 spiro atoms. The molecular formula is C16H27N3O. The van der Waals surface area contributed by atoms with E-state index >= 15 is 0 Å². The molecule has 1 aliphatic rings. The number of nitrogens with zero attached hydrogens (tertiary/aromatic N) is 2. The summed E-state index contributed by atoms with van der Waals surface area (Å²) < 4.78 is 5.41. The molecule has 0 aliphatic heterocycles. The van der Waals surface area contributed by atoms with Crippen LogP contribution in [0.15, 0.2) is 12.4 Å². The van der Waals surface area contributed by atoms with E-state index in [1.54, 1.807) is 19.5 Å². The van der Waals surface area contributed by atoms with Crippen molar-refractivity contribution in [2.24, 2.45) is 11.8 Å². The van der Waals surface area contributed by atoms with Crippen molar-refractivity contribution in [2.45, 2.75) is 52.0 Å². The Morgan fingerprint density at radius 2 is 2.15 bits per heavy atom. The number of rotatable bonds is 6. The lowest BCUT2D eigenvalue weighted by molar-refractivity contribution is 0.216. The molecule has 0 saturated heterocycles. The van der Waals surface area contributed by atoms with Crippen LogP contribution in [-0.2, 0) is 0 Å². The largest absolute Gasteiger partial charge is 0.480 e. The van der Waals surface area contributed by atoms with Gasteiger partial charge in [0.2, 0.25) is 5.88 Å². The van der Waals surface area contributed by atoms with Crippen LogP contribution < -0.4 is 10.1 Å². The lowest BCUT2D eigenvalue weighted by atomic mass is 9.77. The smallest absolute Gasteiger partial charge is 0.237 e. The molecular weight excluding hydrogens is 250 g/mol. The van der Waals surface area contributed by atoms with Gasteiger partial charge in [0.05, 0.1) is 13.2 Å². The third kappa shape index (κ3) is 3.69. The van der Waals surface area contributed by atoms with Gasteiger partial charge in [0.15, 0.2) is 0 Å². The molecule has 4 nitrogen and oxygen atoms in total. The Hall–Kier alpha value is -1.16. The summed E-state index contributed by atoms with van der Waals surface area (Å²) in [5, 5.41) is 3.67. The van der Waals surface area contributed by atoms with Gasteiger partial charge in [0, 0.05) is 12.4 Å². The second-order valence-electron chi connectivity index (χ2n) is 5.91. The molecule has 1 N–H and O–H groups in total. The average Bonchev–Trinajstić information content (AvgIpc) is 2.48. The monoisotopic (exact) mass is 277 g/mol. The van der Waals surface area contributed by atoms with Crippen LogP contribution in [0.25, 0.3) is 0 Å². The molecule has 112 valence electrons. The van der Waals surface area contributed by atoms with Gasteiger partial charge in [-0.1, -0.05) is 26.7 Å². The maximum atomic E-state index is 5.41. The molecule has 1 fully saturated rings. The van der Waals surface area contributed by atoms with E-state index in [0.29, 0.717) is 11.8 Å². The van der Waals surface area contributed by atoms with Crippen molar-refractivity contribution in [2.75, 3.05) is 13.7 Å². The molecule has 4 heteroatoms. The van der Waals surface area contributed by atoms with Gasteiger partial charge >= 0.3 is 0 Å². The minimum atomic E-state index is 0.265. The highest BCUT2D eigenvalue weighted by Crippen LogP contribution is 2.38. The van der Waals surface area contributed by atoms with E-state index in [2.05, 4.69) is 29.1 Å². The molecule has 2 rings (SSSR count). The van der Waals surface area contributed by atoms with Crippen molar-refractivity contribution in [3.63, 3.8) is 0 Å². The van der Waals surface area contributed by atoms with Crippen LogP contribution in [0.4, 0.5) is 0 Å². The number of nitrogens with one attached hydrogen (secondary N) is 1. The number of methoxy groups -OCH3 is 1. The van der Waals surface area contributed by atoms with Crippen LogP contribution in [0.1, 0.15) is 57.7 Å². The maximum absolute atomic E-state index is 5.41. The fourth-order valence-corrected chi connectivity index (χ4v) is 3.28. The van der Waals surface area contributed by atoms with Crippen molar-refractivity contribution < 1.29 is 4.74 Å². The normalized spacial score (nSPS) is 24.4. The van der Waals surface area contributed by atoms with Crippen molar-refractivity contribution >= 4 is 0 Å². The van der Waals surface area contributed by atoms with Gasteiger partial charge in [-0.3, -0.25) is 4.98 Å². The first-order valence-corrected chi connectivity index (χ1v) is 7.84. The topological polar surface area (TPSA) is 47.0 Å². The van der Waals surface area contributed by atoms with Crippen molar-refractivity contribution in [3.05, 3.63) is 18.1 Å². The maximum Gasteiger partial charge on any atom is 0.237 e. The molecule has 0 aromatic carbocycles. The highest BCUT2D eigenvalue weighted by atomic mass is 16.5. The Morgan fingerprint density at radius 3 is 2.85 bits per heavy atom. The minimum Gasteiger partial charge on any atom is -0.480 e. The van der Waals surface area contributed by atoms with E-state index in [1.165, 1.54) is 25.7 Å². The number of hydrogen-bond donors (Lipinski definition) is 1.